The summed E-state index contributed by atoms with van der Waals surface area (Å²) in [5, 5.41) is 3.01. The number of hydrogen-bond donors (Lipinski definition) is 2. The van der Waals surface area contributed by atoms with Gasteiger partial charge in [0.1, 0.15) is 5.69 Å². The van der Waals surface area contributed by atoms with Gasteiger partial charge >= 0.3 is 0 Å². The molecular weight excluding hydrogens is 264 g/mol. The maximum absolute atomic E-state index is 12.2. The molecule has 2 unspecified atom stereocenters. The van der Waals surface area contributed by atoms with Crippen LogP contribution in [0, 0.1) is 5.92 Å². The van der Waals surface area contributed by atoms with Gasteiger partial charge in [-0.25, -0.2) is 0 Å². The van der Waals surface area contributed by atoms with Gasteiger partial charge < -0.3 is 10.3 Å². The predicted molar refractivity (Wildman–Crippen MR) is 75.6 cm³/mol. The van der Waals surface area contributed by atoms with Crippen LogP contribution in [0.1, 0.15) is 43.1 Å². The van der Waals surface area contributed by atoms with Crippen LogP contribution in [-0.2, 0) is 0 Å². The van der Waals surface area contributed by atoms with Gasteiger partial charge in [0, 0.05) is 11.9 Å². The van der Waals surface area contributed by atoms with Crippen LogP contribution in [0.3, 0.4) is 0 Å². The normalized spacial score (nSPS) is 26.9. The third-order valence-electron chi connectivity index (χ3n) is 3.74. The molecule has 2 rings (SSSR count). The van der Waals surface area contributed by atoms with Gasteiger partial charge in [0.2, 0.25) is 5.56 Å². The van der Waals surface area contributed by atoms with E-state index in [2.05, 4.69) is 17.2 Å². The van der Waals surface area contributed by atoms with E-state index in [1.165, 1.54) is 12.5 Å². The second kappa shape index (κ2) is 5.78. The molecule has 1 heterocycles. The minimum atomic E-state index is -0.344. The Hall–Kier alpha value is -1.29. The molecule has 1 aromatic rings. The Labute approximate surface area is 117 Å². The zero-order chi connectivity index (χ0) is 13.9. The molecule has 5 heteroatoms. The van der Waals surface area contributed by atoms with E-state index in [-0.39, 0.29) is 22.7 Å². The average Bonchev–Trinajstić information content (AvgIpc) is 2.38. The van der Waals surface area contributed by atoms with Crippen LogP contribution < -0.4 is 10.9 Å². The zero-order valence-corrected chi connectivity index (χ0v) is 11.8. The van der Waals surface area contributed by atoms with Gasteiger partial charge in [-0.15, -0.1) is 11.6 Å². The number of carbonyl (C=O) groups excluding carboxylic acids is 1. The number of aromatic nitrogens is 1. The van der Waals surface area contributed by atoms with Crippen molar-refractivity contribution in [3.8, 4) is 0 Å². The Morgan fingerprint density at radius 3 is 3.00 bits per heavy atom. The molecule has 2 atom stereocenters. The third kappa shape index (κ3) is 3.38. The second-order valence-electron chi connectivity index (χ2n) is 5.50. The molecule has 19 heavy (non-hydrogen) atoms. The number of nitrogens with one attached hydrogen (secondary N) is 2. The Morgan fingerprint density at radius 1 is 1.58 bits per heavy atom. The van der Waals surface area contributed by atoms with Crippen LogP contribution in [-0.4, -0.2) is 22.3 Å². The first-order valence-electron chi connectivity index (χ1n) is 6.62. The van der Waals surface area contributed by atoms with Gasteiger partial charge in [0.25, 0.3) is 5.91 Å². The molecule has 0 spiro atoms. The number of aromatic amines is 1. The number of halogens is 1. The van der Waals surface area contributed by atoms with Crippen molar-refractivity contribution in [2.45, 2.75) is 38.1 Å². The Kier molecular flexibility index (Phi) is 4.30. The minimum absolute atomic E-state index is 0.257. The van der Waals surface area contributed by atoms with Crippen molar-refractivity contribution in [2.24, 2.45) is 5.92 Å². The van der Waals surface area contributed by atoms with Gasteiger partial charge in [0.15, 0.2) is 0 Å². The summed E-state index contributed by atoms with van der Waals surface area (Å²) in [5.74, 6) is 0.704. The Balaban J connectivity index is 2.14. The van der Waals surface area contributed by atoms with Crippen molar-refractivity contribution < 1.29 is 4.79 Å². The molecule has 1 fully saturated rings. The van der Waals surface area contributed by atoms with E-state index in [4.69, 9.17) is 11.6 Å². The zero-order valence-electron chi connectivity index (χ0n) is 11.0. The number of carbonyl (C=O) groups is 1. The summed E-state index contributed by atoms with van der Waals surface area (Å²) in [5.41, 5.74) is -0.331. The fraction of sp³-hybridized carbons (Fsp3) is 0.571. The molecule has 104 valence electrons. The van der Waals surface area contributed by atoms with Gasteiger partial charge in [-0.2, -0.15) is 0 Å². The van der Waals surface area contributed by atoms with E-state index in [1.54, 1.807) is 12.1 Å². The SMILES string of the molecule is CC1CCCC(CCl)(NC(=O)c2cccc(=O)[nH]2)C1. The number of hydrogen-bond acceptors (Lipinski definition) is 2. The van der Waals surface area contributed by atoms with Gasteiger partial charge in [-0.05, 0) is 24.8 Å². The first-order chi connectivity index (χ1) is 9.04. The molecule has 0 saturated heterocycles. The van der Waals surface area contributed by atoms with E-state index in [1.807, 2.05) is 0 Å². The quantitative estimate of drug-likeness (QED) is 0.836. The van der Waals surface area contributed by atoms with E-state index in [0.29, 0.717) is 11.8 Å². The van der Waals surface area contributed by atoms with Crippen molar-refractivity contribution in [2.75, 3.05) is 5.88 Å². The highest BCUT2D eigenvalue weighted by Gasteiger charge is 2.35. The maximum atomic E-state index is 12.2. The molecule has 0 aliphatic heterocycles. The molecule has 1 aromatic heterocycles. The summed E-state index contributed by atoms with van der Waals surface area (Å²) in [6.07, 6.45) is 4.03. The topological polar surface area (TPSA) is 62.0 Å². The average molecular weight is 283 g/mol. The van der Waals surface area contributed by atoms with Crippen molar-refractivity contribution in [1.29, 1.82) is 0 Å². The lowest BCUT2D eigenvalue weighted by molar-refractivity contribution is 0.0862. The standard InChI is InChI=1S/C14H19ClN2O2/c1-10-4-3-7-14(8-10,9-15)17-13(19)11-5-2-6-12(18)16-11/h2,5-6,10H,3-4,7-9H2,1H3,(H,16,18)(H,17,19). The molecule has 1 aliphatic carbocycles. The molecule has 1 aliphatic rings. The van der Waals surface area contributed by atoms with Crippen molar-refractivity contribution in [1.82, 2.24) is 10.3 Å². The van der Waals surface area contributed by atoms with Crippen LogP contribution in [0.25, 0.3) is 0 Å². The molecule has 0 aromatic carbocycles. The van der Waals surface area contributed by atoms with Crippen LogP contribution in [0.4, 0.5) is 0 Å². The third-order valence-corrected chi connectivity index (χ3v) is 4.25. The van der Waals surface area contributed by atoms with E-state index in [0.717, 1.165) is 19.3 Å². The number of pyridine rings is 1. The minimum Gasteiger partial charge on any atom is -0.344 e. The monoisotopic (exact) mass is 282 g/mol. The predicted octanol–water partition coefficient (Wildman–Crippen LogP) is 2.29. The molecule has 4 nitrogen and oxygen atoms in total. The lowest BCUT2D eigenvalue weighted by Crippen LogP contribution is -2.53. The lowest BCUT2D eigenvalue weighted by atomic mass is 9.77. The summed E-state index contributed by atoms with van der Waals surface area (Å²) >= 11 is 6.08. The summed E-state index contributed by atoms with van der Waals surface area (Å²) in [7, 11) is 0. The van der Waals surface area contributed by atoms with E-state index >= 15 is 0 Å². The second-order valence-corrected chi connectivity index (χ2v) is 5.77. The first-order valence-corrected chi connectivity index (χ1v) is 7.16. The van der Waals surface area contributed by atoms with Gasteiger partial charge in [-0.3, -0.25) is 9.59 Å². The van der Waals surface area contributed by atoms with E-state index in [9.17, 15) is 9.59 Å². The van der Waals surface area contributed by atoms with E-state index < -0.39 is 0 Å². The smallest absolute Gasteiger partial charge is 0.268 e. The highest BCUT2D eigenvalue weighted by molar-refractivity contribution is 6.19. The highest BCUT2D eigenvalue weighted by Crippen LogP contribution is 2.33. The molecule has 0 bridgehead atoms. The molecular formula is C14H19ClN2O2. The fourth-order valence-corrected chi connectivity index (χ4v) is 3.13. The molecule has 0 radical (unpaired) electrons. The summed E-state index contributed by atoms with van der Waals surface area (Å²) < 4.78 is 0. The number of H-pyrrole nitrogens is 1. The summed E-state index contributed by atoms with van der Waals surface area (Å²) in [6, 6.07) is 4.56. The van der Waals surface area contributed by atoms with Crippen LogP contribution >= 0.6 is 11.6 Å². The fourth-order valence-electron chi connectivity index (χ4n) is 2.82. The number of rotatable bonds is 3. The Morgan fingerprint density at radius 2 is 2.37 bits per heavy atom. The number of amides is 1. The van der Waals surface area contributed by atoms with Crippen LogP contribution in [0.5, 0.6) is 0 Å². The lowest BCUT2D eigenvalue weighted by Gasteiger charge is -2.39. The summed E-state index contributed by atoms with van der Waals surface area (Å²) in [4.78, 5) is 26.0. The molecule has 1 amide bonds. The van der Waals surface area contributed by atoms with Crippen molar-refractivity contribution in [3.63, 3.8) is 0 Å². The van der Waals surface area contributed by atoms with Gasteiger partial charge in [0.05, 0.1) is 5.54 Å². The van der Waals surface area contributed by atoms with Crippen molar-refractivity contribution >= 4 is 17.5 Å². The van der Waals surface area contributed by atoms with Crippen LogP contribution in [0.2, 0.25) is 0 Å². The van der Waals surface area contributed by atoms with Gasteiger partial charge in [-0.1, -0.05) is 25.8 Å². The summed E-state index contributed by atoms with van der Waals surface area (Å²) in [6.45, 7) is 2.18. The Bertz CT molecular complexity index is 514. The number of alkyl halides is 1. The first kappa shape index (κ1) is 14.1. The maximum Gasteiger partial charge on any atom is 0.268 e. The van der Waals surface area contributed by atoms with Crippen molar-refractivity contribution in [3.05, 3.63) is 34.2 Å². The molecule has 1 saturated carbocycles. The largest absolute Gasteiger partial charge is 0.344 e. The highest BCUT2D eigenvalue weighted by atomic mass is 35.5. The van der Waals surface area contributed by atoms with Crippen LogP contribution in [0.15, 0.2) is 23.0 Å². The molecule has 2 N–H and O–H groups in total.